The van der Waals surface area contributed by atoms with Gasteiger partial charge in [-0.3, -0.25) is 0 Å². The average molecular weight is 243 g/mol. The molecule has 1 aromatic carbocycles. The molecule has 0 aromatic heterocycles. The molecule has 0 aliphatic rings. The Morgan fingerprint density at radius 2 is 2.31 bits per heavy atom. The zero-order chi connectivity index (χ0) is 9.90. The first-order chi connectivity index (χ1) is 6.03. The fourth-order valence-corrected chi connectivity index (χ4v) is 1.55. The van der Waals surface area contributed by atoms with Crippen molar-refractivity contribution < 1.29 is 9.90 Å². The van der Waals surface area contributed by atoms with Gasteiger partial charge in [0.05, 0.1) is 0 Å². The Labute approximate surface area is 85.7 Å². The Morgan fingerprint density at radius 3 is 2.85 bits per heavy atom. The molecule has 2 nitrogen and oxygen atoms in total. The van der Waals surface area contributed by atoms with E-state index in [1.54, 1.807) is 0 Å². The highest BCUT2D eigenvalue weighted by Crippen LogP contribution is 2.16. The Balaban J connectivity index is 2.80. The second-order valence-electron chi connectivity index (χ2n) is 3.28. The lowest BCUT2D eigenvalue weighted by Crippen LogP contribution is -2.28. The van der Waals surface area contributed by atoms with Crippen molar-refractivity contribution in [2.45, 2.75) is 18.9 Å². The van der Waals surface area contributed by atoms with Crippen molar-refractivity contribution in [2.24, 2.45) is 0 Å². The van der Waals surface area contributed by atoms with E-state index in [1.165, 1.54) is 6.92 Å². The second-order valence-corrected chi connectivity index (χ2v) is 4.20. The highest BCUT2D eigenvalue weighted by Gasteiger charge is 2.19. The van der Waals surface area contributed by atoms with Gasteiger partial charge in [-0.05, 0) is 24.6 Å². The Morgan fingerprint density at radius 1 is 1.62 bits per heavy atom. The van der Waals surface area contributed by atoms with Crippen LogP contribution >= 0.6 is 15.9 Å². The molecule has 0 saturated carbocycles. The van der Waals surface area contributed by atoms with Gasteiger partial charge in [-0.25, -0.2) is 0 Å². The van der Waals surface area contributed by atoms with Gasteiger partial charge in [0, 0.05) is 10.9 Å². The summed E-state index contributed by atoms with van der Waals surface area (Å²) in [6.45, 7) is 1.50. The van der Waals surface area contributed by atoms with Crippen LogP contribution in [0.15, 0.2) is 28.7 Å². The molecule has 1 unspecified atom stereocenters. The normalized spacial score (nSPS) is 15.0. The van der Waals surface area contributed by atoms with Crippen LogP contribution in [0.2, 0.25) is 0 Å². The van der Waals surface area contributed by atoms with Crippen molar-refractivity contribution in [2.75, 3.05) is 0 Å². The van der Waals surface area contributed by atoms with Crippen molar-refractivity contribution in [3.63, 3.8) is 0 Å². The summed E-state index contributed by atoms with van der Waals surface area (Å²) in [4.78, 5) is 10.5. The quantitative estimate of drug-likeness (QED) is 0.823. The third kappa shape index (κ3) is 3.28. The molecular formula is C10H11BrO2. The zero-order valence-corrected chi connectivity index (χ0v) is 8.91. The van der Waals surface area contributed by atoms with Crippen LogP contribution in [0.25, 0.3) is 0 Å². The summed E-state index contributed by atoms with van der Waals surface area (Å²) in [6, 6.07) is 7.54. The van der Waals surface area contributed by atoms with Gasteiger partial charge in [-0.15, -0.1) is 0 Å². The van der Waals surface area contributed by atoms with Crippen molar-refractivity contribution in [3.05, 3.63) is 34.3 Å². The van der Waals surface area contributed by atoms with Gasteiger partial charge in [0.25, 0.3) is 0 Å². The molecule has 1 N–H and O–H groups in total. The van der Waals surface area contributed by atoms with E-state index in [0.717, 1.165) is 10.0 Å². The van der Waals surface area contributed by atoms with Gasteiger partial charge in [-0.1, -0.05) is 28.1 Å². The standard InChI is InChI=1S/C10H11BrO2/c1-10(13,7-12)6-8-3-2-4-9(11)5-8/h2-5,7,13H,6H2,1H3. The van der Waals surface area contributed by atoms with Crippen LogP contribution in [0, 0.1) is 0 Å². The number of rotatable bonds is 3. The maximum absolute atomic E-state index is 10.5. The van der Waals surface area contributed by atoms with Crippen LogP contribution in [0.4, 0.5) is 0 Å². The Hall–Kier alpha value is -0.670. The fraction of sp³-hybridized carbons (Fsp3) is 0.300. The molecule has 0 aliphatic carbocycles. The van der Waals surface area contributed by atoms with Gasteiger partial charge in [0.15, 0.2) is 6.29 Å². The summed E-state index contributed by atoms with van der Waals surface area (Å²) in [5.74, 6) is 0. The molecule has 1 atom stereocenters. The van der Waals surface area contributed by atoms with E-state index in [1.807, 2.05) is 24.3 Å². The lowest BCUT2D eigenvalue weighted by Gasteiger charge is -2.15. The molecular weight excluding hydrogens is 232 g/mol. The topological polar surface area (TPSA) is 37.3 Å². The van der Waals surface area contributed by atoms with E-state index in [2.05, 4.69) is 15.9 Å². The minimum Gasteiger partial charge on any atom is -0.382 e. The number of carbonyl (C=O) groups excluding carboxylic acids is 1. The second kappa shape index (κ2) is 4.03. The SMILES string of the molecule is CC(O)(C=O)Cc1cccc(Br)c1. The lowest BCUT2D eigenvalue weighted by molar-refractivity contribution is -0.122. The summed E-state index contributed by atoms with van der Waals surface area (Å²) in [5, 5.41) is 9.48. The molecule has 0 fully saturated rings. The molecule has 70 valence electrons. The first-order valence-corrected chi connectivity index (χ1v) is 4.76. The fourth-order valence-electron chi connectivity index (χ4n) is 1.10. The van der Waals surface area contributed by atoms with E-state index in [-0.39, 0.29) is 0 Å². The summed E-state index contributed by atoms with van der Waals surface area (Å²) in [7, 11) is 0. The van der Waals surface area contributed by atoms with E-state index < -0.39 is 5.60 Å². The number of hydrogen-bond donors (Lipinski definition) is 1. The van der Waals surface area contributed by atoms with Crippen LogP contribution in [0.1, 0.15) is 12.5 Å². The Bertz CT molecular complexity index is 308. The number of aliphatic hydroxyl groups is 1. The van der Waals surface area contributed by atoms with E-state index in [0.29, 0.717) is 12.7 Å². The first kappa shape index (κ1) is 10.4. The monoisotopic (exact) mass is 242 g/mol. The van der Waals surface area contributed by atoms with E-state index in [4.69, 9.17) is 0 Å². The number of benzene rings is 1. The molecule has 0 amide bonds. The third-order valence-corrected chi connectivity index (χ3v) is 2.20. The molecule has 0 radical (unpaired) electrons. The molecule has 0 aliphatic heterocycles. The largest absolute Gasteiger partial charge is 0.382 e. The smallest absolute Gasteiger partial charge is 0.151 e. The highest BCUT2D eigenvalue weighted by molar-refractivity contribution is 9.10. The van der Waals surface area contributed by atoms with Gasteiger partial charge >= 0.3 is 0 Å². The lowest BCUT2D eigenvalue weighted by atomic mass is 9.98. The van der Waals surface area contributed by atoms with Crippen molar-refractivity contribution in [1.29, 1.82) is 0 Å². The maximum Gasteiger partial charge on any atom is 0.151 e. The van der Waals surface area contributed by atoms with E-state index in [9.17, 15) is 9.90 Å². The van der Waals surface area contributed by atoms with E-state index >= 15 is 0 Å². The number of aldehydes is 1. The number of halogens is 1. The minimum atomic E-state index is -1.26. The minimum absolute atomic E-state index is 0.343. The molecule has 13 heavy (non-hydrogen) atoms. The summed E-state index contributed by atoms with van der Waals surface area (Å²) >= 11 is 3.32. The van der Waals surface area contributed by atoms with Gasteiger partial charge < -0.3 is 9.90 Å². The third-order valence-electron chi connectivity index (χ3n) is 1.70. The maximum atomic E-state index is 10.5. The molecule has 1 aromatic rings. The molecule has 0 bridgehead atoms. The molecule has 1 rings (SSSR count). The van der Waals surface area contributed by atoms with Crippen molar-refractivity contribution >= 4 is 22.2 Å². The van der Waals surface area contributed by atoms with Crippen LogP contribution in [0.5, 0.6) is 0 Å². The molecule has 3 heteroatoms. The van der Waals surface area contributed by atoms with Crippen LogP contribution < -0.4 is 0 Å². The van der Waals surface area contributed by atoms with Gasteiger partial charge in [0.2, 0.25) is 0 Å². The van der Waals surface area contributed by atoms with Crippen molar-refractivity contribution in [3.8, 4) is 0 Å². The van der Waals surface area contributed by atoms with Gasteiger partial charge in [-0.2, -0.15) is 0 Å². The highest BCUT2D eigenvalue weighted by atomic mass is 79.9. The van der Waals surface area contributed by atoms with Gasteiger partial charge in [0.1, 0.15) is 5.60 Å². The zero-order valence-electron chi connectivity index (χ0n) is 7.33. The van der Waals surface area contributed by atoms with Crippen LogP contribution in [0.3, 0.4) is 0 Å². The first-order valence-electron chi connectivity index (χ1n) is 3.97. The van der Waals surface area contributed by atoms with Crippen LogP contribution in [-0.2, 0) is 11.2 Å². The summed E-state index contributed by atoms with van der Waals surface area (Å²) < 4.78 is 0.951. The summed E-state index contributed by atoms with van der Waals surface area (Å²) in [6.07, 6.45) is 0.907. The number of carbonyl (C=O) groups is 1. The van der Waals surface area contributed by atoms with Crippen molar-refractivity contribution in [1.82, 2.24) is 0 Å². The molecule has 0 saturated heterocycles. The average Bonchev–Trinajstić information content (AvgIpc) is 2.03. The Kier molecular flexibility index (Phi) is 3.22. The predicted octanol–water partition coefficient (Wildman–Crippen LogP) is 1.94. The molecule has 0 heterocycles. The van der Waals surface area contributed by atoms with Crippen LogP contribution in [-0.4, -0.2) is 17.0 Å². The predicted molar refractivity (Wildman–Crippen MR) is 54.5 cm³/mol. The molecule has 0 spiro atoms. The summed E-state index contributed by atoms with van der Waals surface area (Å²) in [5.41, 5.74) is -0.327. The number of hydrogen-bond acceptors (Lipinski definition) is 2.